The summed E-state index contributed by atoms with van der Waals surface area (Å²) in [7, 11) is 1.59. The quantitative estimate of drug-likeness (QED) is 0.876. The highest BCUT2D eigenvalue weighted by atomic mass is 32.1. The van der Waals surface area contributed by atoms with E-state index in [0.717, 1.165) is 21.9 Å². The lowest BCUT2D eigenvalue weighted by Crippen LogP contribution is -1.91. The van der Waals surface area contributed by atoms with Crippen LogP contribution in [0.2, 0.25) is 0 Å². The van der Waals surface area contributed by atoms with Crippen LogP contribution in [0.4, 0.5) is 0 Å². The van der Waals surface area contributed by atoms with Crippen molar-refractivity contribution in [1.29, 1.82) is 0 Å². The molecule has 4 nitrogen and oxygen atoms in total. The zero-order valence-electron chi connectivity index (χ0n) is 8.88. The van der Waals surface area contributed by atoms with Gasteiger partial charge in [-0.1, -0.05) is 6.07 Å². The van der Waals surface area contributed by atoms with E-state index in [1.54, 1.807) is 19.5 Å². The predicted octanol–water partition coefficient (Wildman–Crippen LogP) is 1.63. The molecule has 0 atom stereocenters. The number of aliphatic hydroxyl groups excluding tert-OH is 1. The number of methoxy groups -OCH3 is 1. The minimum atomic E-state index is 0.0541. The van der Waals surface area contributed by atoms with Crippen LogP contribution < -0.4 is 4.74 Å². The molecule has 0 saturated heterocycles. The Hall–Kier alpha value is -1.46. The molecular formula is C11H12N2O2S. The second kappa shape index (κ2) is 5.05. The molecule has 0 aromatic carbocycles. The van der Waals surface area contributed by atoms with Gasteiger partial charge in [-0.25, -0.2) is 9.97 Å². The number of aromatic nitrogens is 2. The van der Waals surface area contributed by atoms with Crippen LogP contribution in [0.3, 0.4) is 0 Å². The lowest BCUT2D eigenvalue weighted by Gasteiger charge is -2.00. The van der Waals surface area contributed by atoms with Crippen LogP contribution in [0.1, 0.15) is 15.4 Å². The van der Waals surface area contributed by atoms with Crippen LogP contribution in [-0.2, 0) is 13.0 Å². The number of thiazole rings is 1. The Bertz CT molecular complexity index is 453. The molecule has 0 bridgehead atoms. The predicted molar refractivity (Wildman–Crippen MR) is 61.6 cm³/mol. The molecule has 2 rings (SSSR count). The summed E-state index contributed by atoms with van der Waals surface area (Å²) in [6, 6.07) is 3.79. The summed E-state index contributed by atoms with van der Waals surface area (Å²) >= 11 is 1.52. The number of ether oxygens (including phenoxy) is 1. The Morgan fingerprint density at radius 3 is 2.75 bits per heavy atom. The van der Waals surface area contributed by atoms with E-state index >= 15 is 0 Å². The third kappa shape index (κ3) is 2.56. The maximum atomic E-state index is 8.93. The Morgan fingerprint density at radius 2 is 2.19 bits per heavy atom. The average molecular weight is 236 g/mol. The topological polar surface area (TPSA) is 55.2 Å². The third-order valence-electron chi connectivity index (χ3n) is 2.12. The van der Waals surface area contributed by atoms with Crippen molar-refractivity contribution in [3.63, 3.8) is 0 Å². The average Bonchev–Trinajstić information content (AvgIpc) is 2.78. The van der Waals surface area contributed by atoms with Gasteiger partial charge in [0, 0.05) is 24.9 Å². The molecular weight excluding hydrogens is 224 g/mol. The molecule has 0 aliphatic carbocycles. The van der Waals surface area contributed by atoms with Gasteiger partial charge in [0.1, 0.15) is 0 Å². The highest BCUT2D eigenvalue weighted by molar-refractivity contribution is 7.11. The molecule has 0 radical (unpaired) electrons. The van der Waals surface area contributed by atoms with Crippen molar-refractivity contribution in [3.8, 4) is 5.88 Å². The number of pyridine rings is 1. The highest BCUT2D eigenvalue weighted by Crippen LogP contribution is 2.17. The zero-order valence-corrected chi connectivity index (χ0v) is 9.70. The van der Waals surface area contributed by atoms with Gasteiger partial charge in [0.05, 0.1) is 23.6 Å². The first-order chi connectivity index (χ1) is 7.81. The molecule has 0 aliphatic heterocycles. The normalized spacial score (nSPS) is 10.4. The fraction of sp³-hybridized carbons (Fsp3) is 0.273. The van der Waals surface area contributed by atoms with Crippen LogP contribution in [0.15, 0.2) is 24.5 Å². The van der Waals surface area contributed by atoms with Crippen molar-refractivity contribution in [2.45, 2.75) is 13.0 Å². The summed E-state index contributed by atoms with van der Waals surface area (Å²) in [5.41, 5.74) is 1.08. The molecule has 0 aliphatic rings. The van der Waals surface area contributed by atoms with E-state index in [1.807, 2.05) is 12.1 Å². The molecule has 2 heterocycles. The van der Waals surface area contributed by atoms with Gasteiger partial charge < -0.3 is 9.84 Å². The smallest absolute Gasteiger partial charge is 0.212 e. The second-order valence-electron chi connectivity index (χ2n) is 3.26. The van der Waals surface area contributed by atoms with E-state index in [1.165, 1.54) is 11.3 Å². The van der Waals surface area contributed by atoms with Crippen molar-refractivity contribution in [3.05, 3.63) is 40.0 Å². The summed E-state index contributed by atoms with van der Waals surface area (Å²) in [4.78, 5) is 9.24. The number of hydrogen-bond acceptors (Lipinski definition) is 5. The fourth-order valence-corrected chi connectivity index (χ4v) is 2.13. The molecule has 16 heavy (non-hydrogen) atoms. The maximum Gasteiger partial charge on any atom is 0.212 e. The standard InChI is InChI=1S/C11H12N2O2S/c1-15-10-3-2-8(5-12-10)4-11-13-6-9(7-14)16-11/h2-3,5-6,14H,4,7H2,1H3. The first kappa shape index (κ1) is 11.0. The van der Waals surface area contributed by atoms with Gasteiger partial charge >= 0.3 is 0 Å². The van der Waals surface area contributed by atoms with E-state index in [4.69, 9.17) is 9.84 Å². The third-order valence-corrected chi connectivity index (χ3v) is 3.10. The maximum absolute atomic E-state index is 8.93. The van der Waals surface area contributed by atoms with Gasteiger partial charge in [-0.2, -0.15) is 0 Å². The van der Waals surface area contributed by atoms with Crippen molar-refractivity contribution in [1.82, 2.24) is 9.97 Å². The van der Waals surface area contributed by atoms with E-state index in [-0.39, 0.29) is 6.61 Å². The molecule has 2 aromatic heterocycles. The summed E-state index contributed by atoms with van der Waals surface area (Å²) in [5.74, 6) is 0.610. The second-order valence-corrected chi connectivity index (χ2v) is 4.46. The Labute approximate surface area is 97.6 Å². The lowest BCUT2D eigenvalue weighted by molar-refractivity contribution is 0.285. The molecule has 0 fully saturated rings. The lowest BCUT2D eigenvalue weighted by atomic mass is 10.2. The Morgan fingerprint density at radius 1 is 1.31 bits per heavy atom. The molecule has 84 valence electrons. The first-order valence-electron chi connectivity index (χ1n) is 4.85. The van der Waals surface area contributed by atoms with Crippen LogP contribution in [0.25, 0.3) is 0 Å². The first-order valence-corrected chi connectivity index (χ1v) is 5.67. The number of rotatable bonds is 4. The van der Waals surface area contributed by atoms with Crippen molar-refractivity contribution in [2.24, 2.45) is 0 Å². The van der Waals surface area contributed by atoms with Crippen molar-refractivity contribution in [2.75, 3.05) is 7.11 Å². The van der Waals surface area contributed by atoms with E-state index in [0.29, 0.717) is 5.88 Å². The molecule has 0 spiro atoms. The molecule has 5 heteroatoms. The van der Waals surface area contributed by atoms with Crippen LogP contribution in [-0.4, -0.2) is 22.2 Å². The Balaban J connectivity index is 2.08. The minimum absolute atomic E-state index is 0.0541. The van der Waals surface area contributed by atoms with Crippen molar-refractivity contribution >= 4 is 11.3 Å². The van der Waals surface area contributed by atoms with Gasteiger partial charge in [-0.3, -0.25) is 0 Å². The highest BCUT2D eigenvalue weighted by Gasteiger charge is 2.03. The van der Waals surface area contributed by atoms with E-state index in [2.05, 4.69) is 9.97 Å². The van der Waals surface area contributed by atoms with Gasteiger partial charge in [-0.05, 0) is 5.56 Å². The SMILES string of the molecule is COc1ccc(Cc2ncc(CO)s2)cn1. The number of hydrogen-bond donors (Lipinski definition) is 1. The number of aliphatic hydroxyl groups is 1. The van der Waals surface area contributed by atoms with Gasteiger partial charge in [0.25, 0.3) is 0 Å². The van der Waals surface area contributed by atoms with Gasteiger partial charge in [-0.15, -0.1) is 11.3 Å². The molecule has 0 saturated carbocycles. The van der Waals surface area contributed by atoms with Crippen LogP contribution in [0, 0.1) is 0 Å². The van der Waals surface area contributed by atoms with Crippen LogP contribution in [0.5, 0.6) is 5.88 Å². The largest absolute Gasteiger partial charge is 0.481 e. The zero-order chi connectivity index (χ0) is 11.4. The van der Waals surface area contributed by atoms with Gasteiger partial charge in [0.15, 0.2) is 0 Å². The van der Waals surface area contributed by atoms with Crippen LogP contribution >= 0.6 is 11.3 Å². The van der Waals surface area contributed by atoms with Crippen molar-refractivity contribution < 1.29 is 9.84 Å². The van der Waals surface area contributed by atoms with E-state index in [9.17, 15) is 0 Å². The van der Waals surface area contributed by atoms with E-state index < -0.39 is 0 Å². The monoisotopic (exact) mass is 236 g/mol. The summed E-state index contributed by atoms with van der Waals surface area (Å²) in [6.07, 6.45) is 4.22. The molecule has 2 aromatic rings. The molecule has 0 unspecified atom stereocenters. The Kier molecular flexibility index (Phi) is 3.48. The summed E-state index contributed by atoms with van der Waals surface area (Å²) in [6.45, 7) is 0.0541. The summed E-state index contributed by atoms with van der Waals surface area (Å²) in [5, 5.41) is 9.91. The molecule has 1 N–H and O–H groups in total. The number of nitrogens with zero attached hydrogens (tertiary/aromatic N) is 2. The molecule has 0 amide bonds. The summed E-state index contributed by atoms with van der Waals surface area (Å²) < 4.78 is 4.98. The fourth-order valence-electron chi connectivity index (χ4n) is 1.31. The van der Waals surface area contributed by atoms with Gasteiger partial charge in [0.2, 0.25) is 5.88 Å². The minimum Gasteiger partial charge on any atom is -0.481 e.